The number of benzene rings is 1. The molecule has 1 amide bonds. The van der Waals surface area contributed by atoms with Gasteiger partial charge in [0.25, 0.3) is 0 Å². The molecule has 1 heterocycles. The number of ether oxygens (including phenoxy) is 1. The van der Waals surface area contributed by atoms with E-state index in [0.29, 0.717) is 11.2 Å². The fourth-order valence-corrected chi connectivity index (χ4v) is 4.68. The fraction of sp³-hybridized carbons (Fsp3) is 0.471. The van der Waals surface area contributed by atoms with Gasteiger partial charge in [0.1, 0.15) is 5.75 Å². The molecule has 1 atom stereocenters. The van der Waals surface area contributed by atoms with E-state index in [-0.39, 0.29) is 11.2 Å². The predicted octanol–water partition coefficient (Wildman–Crippen LogP) is 3.83. The molecule has 0 spiro atoms. The third kappa shape index (κ3) is 4.85. The Morgan fingerprint density at radius 1 is 1.32 bits per heavy atom. The van der Waals surface area contributed by atoms with E-state index >= 15 is 0 Å². The lowest BCUT2D eigenvalue weighted by Gasteiger charge is -2.15. The van der Waals surface area contributed by atoms with Crippen LogP contribution in [0.15, 0.2) is 28.6 Å². The molecule has 2 N–H and O–H groups in total. The van der Waals surface area contributed by atoms with Gasteiger partial charge < -0.3 is 15.4 Å². The molecule has 134 valence electrons. The maximum atomic E-state index is 12.3. The van der Waals surface area contributed by atoms with Gasteiger partial charge in [-0.2, -0.15) is 0 Å². The van der Waals surface area contributed by atoms with E-state index in [1.165, 1.54) is 35.9 Å². The highest BCUT2D eigenvalue weighted by Gasteiger charge is 2.22. The molecule has 25 heavy (non-hydrogen) atoms. The van der Waals surface area contributed by atoms with Crippen molar-refractivity contribution < 1.29 is 9.53 Å². The minimum absolute atomic E-state index is 0.0753. The van der Waals surface area contributed by atoms with Crippen LogP contribution in [0.2, 0.25) is 0 Å². The Morgan fingerprint density at radius 3 is 2.84 bits per heavy atom. The van der Waals surface area contributed by atoms with Crippen LogP contribution >= 0.6 is 23.1 Å². The van der Waals surface area contributed by atoms with Gasteiger partial charge >= 0.3 is 0 Å². The van der Waals surface area contributed by atoms with E-state index in [9.17, 15) is 4.79 Å². The van der Waals surface area contributed by atoms with E-state index < -0.39 is 0 Å². The number of carbonyl (C=O) groups is 1. The van der Waals surface area contributed by atoms with Crippen LogP contribution in [-0.2, 0) is 4.79 Å². The second-order valence-corrected chi connectivity index (χ2v) is 8.51. The van der Waals surface area contributed by atoms with Gasteiger partial charge in [-0.25, -0.2) is 0 Å². The van der Waals surface area contributed by atoms with E-state index in [1.54, 1.807) is 7.11 Å². The molecular weight excluding hydrogens is 356 g/mol. The average Bonchev–Trinajstić information content (AvgIpc) is 3.27. The van der Waals surface area contributed by atoms with Crippen LogP contribution in [0.5, 0.6) is 5.75 Å². The number of thioether (sulfide) groups is 1. The number of nitrogens with one attached hydrogen (secondary N) is 2. The first-order chi connectivity index (χ1) is 12.2. The molecule has 6 nitrogen and oxygen atoms in total. The lowest BCUT2D eigenvalue weighted by atomic mass is 10.2. The number of aromatic nitrogens is 2. The molecule has 1 aromatic heterocycles. The second-order valence-electron chi connectivity index (χ2n) is 5.95. The summed E-state index contributed by atoms with van der Waals surface area (Å²) < 4.78 is 6.09. The summed E-state index contributed by atoms with van der Waals surface area (Å²) in [4.78, 5) is 12.3. The molecule has 0 saturated heterocycles. The largest absolute Gasteiger partial charge is 0.495 e. The summed E-state index contributed by atoms with van der Waals surface area (Å²) in [6.07, 6.45) is 4.60. The minimum atomic E-state index is -0.187. The third-order valence-electron chi connectivity index (χ3n) is 4.10. The number of methoxy groups -OCH3 is 1. The van der Waals surface area contributed by atoms with Crippen LogP contribution in [0.3, 0.4) is 0 Å². The molecule has 1 unspecified atom stereocenters. The van der Waals surface area contributed by atoms with Crippen molar-refractivity contribution in [2.75, 3.05) is 12.4 Å². The van der Waals surface area contributed by atoms with Gasteiger partial charge in [0.2, 0.25) is 11.0 Å². The van der Waals surface area contributed by atoms with Crippen LogP contribution < -0.4 is 15.4 Å². The number of hydrogen-bond donors (Lipinski definition) is 2. The van der Waals surface area contributed by atoms with Crippen LogP contribution in [0.25, 0.3) is 0 Å². The van der Waals surface area contributed by atoms with Crippen molar-refractivity contribution in [3.8, 4) is 5.75 Å². The van der Waals surface area contributed by atoms with Crippen LogP contribution in [0, 0.1) is 0 Å². The van der Waals surface area contributed by atoms with Gasteiger partial charge in [-0.05, 0) is 31.9 Å². The monoisotopic (exact) mass is 378 g/mol. The Hall–Kier alpha value is -1.80. The lowest BCUT2D eigenvalue weighted by Crippen LogP contribution is -2.37. The van der Waals surface area contributed by atoms with Crippen molar-refractivity contribution in [1.82, 2.24) is 15.5 Å². The average molecular weight is 379 g/mol. The van der Waals surface area contributed by atoms with Crippen molar-refractivity contribution in [2.24, 2.45) is 0 Å². The van der Waals surface area contributed by atoms with E-state index in [0.717, 1.165) is 28.6 Å². The van der Waals surface area contributed by atoms with E-state index in [1.807, 2.05) is 31.2 Å². The molecular formula is C17H22N4O2S2. The summed E-state index contributed by atoms with van der Waals surface area (Å²) in [6, 6.07) is 7.99. The zero-order chi connectivity index (χ0) is 17.6. The zero-order valence-corrected chi connectivity index (χ0v) is 16.0. The SMILES string of the molecule is COc1ccccc1Nc1nnc(SC(C)C(=O)NC2CCCC2)s1. The van der Waals surface area contributed by atoms with Crippen LogP contribution in [-0.4, -0.2) is 34.5 Å². The first kappa shape index (κ1) is 18.0. The van der Waals surface area contributed by atoms with Gasteiger partial charge in [-0.1, -0.05) is 48.1 Å². The fourth-order valence-electron chi connectivity index (χ4n) is 2.76. The standard InChI is InChI=1S/C17H22N4O2S2/c1-11(15(22)18-12-7-3-4-8-12)24-17-21-20-16(25-17)19-13-9-5-6-10-14(13)23-2/h5-6,9-12H,3-4,7-8H2,1-2H3,(H,18,22)(H,19,20). The highest BCUT2D eigenvalue weighted by Crippen LogP contribution is 2.33. The highest BCUT2D eigenvalue weighted by molar-refractivity contribution is 8.02. The molecule has 3 rings (SSSR count). The Balaban J connectivity index is 1.56. The molecule has 1 aromatic carbocycles. The summed E-state index contributed by atoms with van der Waals surface area (Å²) in [5, 5.41) is 15.1. The molecule has 0 aliphatic heterocycles. The number of carbonyl (C=O) groups excluding carboxylic acids is 1. The molecule has 1 aliphatic rings. The smallest absolute Gasteiger partial charge is 0.233 e. The molecule has 0 radical (unpaired) electrons. The number of anilines is 2. The summed E-state index contributed by atoms with van der Waals surface area (Å²) in [5.41, 5.74) is 0.838. The summed E-state index contributed by atoms with van der Waals surface area (Å²) in [6.45, 7) is 1.91. The Labute approximate surface area is 155 Å². The van der Waals surface area contributed by atoms with Gasteiger partial charge in [0.15, 0.2) is 4.34 Å². The Kier molecular flexibility index (Phi) is 6.14. The molecule has 1 saturated carbocycles. The van der Waals surface area contributed by atoms with Crippen molar-refractivity contribution in [2.45, 2.75) is 48.2 Å². The van der Waals surface area contributed by atoms with Gasteiger partial charge in [-0.15, -0.1) is 10.2 Å². The second kappa shape index (κ2) is 8.53. The zero-order valence-electron chi connectivity index (χ0n) is 14.3. The quantitative estimate of drug-likeness (QED) is 0.713. The maximum absolute atomic E-state index is 12.3. The number of para-hydroxylation sites is 2. The Morgan fingerprint density at radius 2 is 2.08 bits per heavy atom. The number of nitrogens with zero attached hydrogens (tertiary/aromatic N) is 2. The summed E-state index contributed by atoms with van der Waals surface area (Å²) in [5.74, 6) is 0.822. The topological polar surface area (TPSA) is 76.1 Å². The van der Waals surface area contributed by atoms with Gasteiger partial charge in [-0.3, -0.25) is 4.79 Å². The minimum Gasteiger partial charge on any atom is -0.495 e. The van der Waals surface area contributed by atoms with Crippen molar-refractivity contribution in [3.05, 3.63) is 24.3 Å². The van der Waals surface area contributed by atoms with Crippen molar-refractivity contribution in [1.29, 1.82) is 0 Å². The summed E-state index contributed by atoms with van der Waals surface area (Å²) in [7, 11) is 1.63. The first-order valence-electron chi connectivity index (χ1n) is 8.36. The van der Waals surface area contributed by atoms with Crippen LogP contribution in [0.1, 0.15) is 32.6 Å². The van der Waals surface area contributed by atoms with Crippen molar-refractivity contribution >= 4 is 39.8 Å². The van der Waals surface area contributed by atoms with E-state index in [2.05, 4.69) is 20.8 Å². The van der Waals surface area contributed by atoms with E-state index in [4.69, 9.17) is 4.74 Å². The Bertz CT molecular complexity index is 716. The van der Waals surface area contributed by atoms with Crippen LogP contribution in [0.4, 0.5) is 10.8 Å². The summed E-state index contributed by atoms with van der Waals surface area (Å²) >= 11 is 2.87. The lowest BCUT2D eigenvalue weighted by molar-refractivity contribution is -0.120. The number of amides is 1. The predicted molar refractivity (Wildman–Crippen MR) is 102 cm³/mol. The van der Waals surface area contributed by atoms with Gasteiger partial charge in [0.05, 0.1) is 18.0 Å². The normalized spacial score (nSPS) is 15.8. The first-order valence-corrected chi connectivity index (χ1v) is 10.1. The third-order valence-corrected chi connectivity index (χ3v) is 6.13. The molecule has 0 bridgehead atoms. The molecule has 1 aliphatic carbocycles. The molecule has 8 heteroatoms. The maximum Gasteiger partial charge on any atom is 0.233 e. The van der Waals surface area contributed by atoms with Gasteiger partial charge in [0, 0.05) is 6.04 Å². The number of hydrogen-bond acceptors (Lipinski definition) is 7. The number of rotatable bonds is 7. The van der Waals surface area contributed by atoms with Crippen molar-refractivity contribution in [3.63, 3.8) is 0 Å². The molecule has 1 fully saturated rings. The molecule has 2 aromatic rings. The highest BCUT2D eigenvalue weighted by atomic mass is 32.2.